The summed E-state index contributed by atoms with van der Waals surface area (Å²) < 4.78 is 24.0. The van der Waals surface area contributed by atoms with E-state index < -0.39 is 10.0 Å². The van der Waals surface area contributed by atoms with Gasteiger partial charge in [-0.3, -0.25) is 4.79 Å². The van der Waals surface area contributed by atoms with Gasteiger partial charge in [0.05, 0.1) is 13.8 Å². The maximum absolute atomic E-state index is 12.2. The molecule has 1 amide bonds. The third kappa shape index (κ3) is 3.12. The molecule has 3 rings (SSSR count). The molecule has 0 aliphatic carbocycles. The number of phenols is 1. The lowest BCUT2D eigenvalue weighted by molar-refractivity contribution is -0.110. The van der Waals surface area contributed by atoms with Crippen LogP contribution in [0.4, 0.5) is 5.69 Å². The van der Waals surface area contributed by atoms with Gasteiger partial charge in [0.1, 0.15) is 5.75 Å². The highest BCUT2D eigenvalue weighted by atomic mass is 79.9. The normalized spacial score (nSPS) is 15.5. The fourth-order valence-corrected chi connectivity index (χ4v) is 4.08. The molecule has 0 bridgehead atoms. The molecule has 1 heterocycles. The molecule has 4 N–H and O–H groups in total. The molecular weight excluding hydrogens is 464 g/mol. The summed E-state index contributed by atoms with van der Waals surface area (Å²) in [6, 6.07) is 7.48. The number of anilines is 1. The summed E-state index contributed by atoms with van der Waals surface area (Å²) in [4.78, 5) is 12.1. The second kappa shape index (κ2) is 5.99. The zero-order valence-electron chi connectivity index (χ0n) is 11.9. The van der Waals surface area contributed by atoms with Gasteiger partial charge in [0.2, 0.25) is 10.0 Å². The van der Waals surface area contributed by atoms with Crippen molar-refractivity contribution in [3.05, 3.63) is 50.4 Å². The number of nitrogens with two attached hydrogens (primary N) is 1. The van der Waals surface area contributed by atoms with Crippen LogP contribution in [0.5, 0.6) is 5.75 Å². The van der Waals surface area contributed by atoms with E-state index in [1.807, 2.05) is 0 Å². The Morgan fingerprint density at radius 1 is 1.12 bits per heavy atom. The van der Waals surface area contributed by atoms with Gasteiger partial charge in [0.25, 0.3) is 5.91 Å². The molecule has 124 valence electrons. The van der Waals surface area contributed by atoms with Crippen LogP contribution in [0.15, 0.2) is 44.2 Å². The molecule has 6 nitrogen and oxygen atoms in total. The number of phenolic OH excluding ortho intramolecular Hbond substituents is 1. The number of aromatic hydroxyl groups is 1. The molecule has 1 aliphatic rings. The fraction of sp³-hybridized carbons (Fsp3) is 0. The van der Waals surface area contributed by atoms with Crippen molar-refractivity contribution in [1.82, 2.24) is 0 Å². The lowest BCUT2D eigenvalue weighted by Crippen LogP contribution is -2.12. The molecule has 2 aromatic carbocycles. The van der Waals surface area contributed by atoms with E-state index in [-0.39, 0.29) is 16.6 Å². The zero-order chi connectivity index (χ0) is 17.6. The molecule has 9 heteroatoms. The summed E-state index contributed by atoms with van der Waals surface area (Å²) in [7, 11) is -3.87. The summed E-state index contributed by atoms with van der Waals surface area (Å²) >= 11 is 6.45. The van der Waals surface area contributed by atoms with Crippen LogP contribution < -0.4 is 10.5 Å². The molecule has 1 aliphatic heterocycles. The van der Waals surface area contributed by atoms with Crippen LogP contribution in [0.1, 0.15) is 11.1 Å². The number of nitrogens with one attached hydrogen (secondary N) is 1. The number of primary sulfonamides is 1. The van der Waals surface area contributed by atoms with Gasteiger partial charge in [-0.05, 0) is 73.8 Å². The fourth-order valence-electron chi connectivity index (χ4n) is 2.32. The van der Waals surface area contributed by atoms with Crippen LogP contribution in [0.3, 0.4) is 0 Å². The molecule has 0 saturated heterocycles. The Kier molecular flexibility index (Phi) is 4.28. The van der Waals surface area contributed by atoms with Crippen molar-refractivity contribution in [2.45, 2.75) is 4.90 Å². The second-order valence-electron chi connectivity index (χ2n) is 5.10. The van der Waals surface area contributed by atoms with Gasteiger partial charge >= 0.3 is 0 Å². The van der Waals surface area contributed by atoms with Crippen molar-refractivity contribution in [3.63, 3.8) is 0 Å². The number of hydrogen-bond acceptors (Lipinski definition) is 4. The third-order valence-corrected chi connectivity index (χ3v) is 5.57. The van der Waals surface area contributed by atoms with Gasteiger partial charge in [-0.25, -0.2) is 13.6 Å². The van der Waals surface area contributed by atoms with E-state index in [1.54, 1.807) is 18.2 Å². The lowest BCUT2D eigenvalue weighted by atomic mass is 10.0. The summed E-state index contributed by atoms with van der Waals surface area (Å²) in [6.07, 6.45) is 1.60. The van der Waals surface area contributed by atoms with Crippen molar-refractivity contribution in [3.8, 4) is 5.75 Å². The number of hydrogen-bond donors (Lipinski definition) is 3. The molecule has 0 spiro atoms. The highest BCUT2D eigenvalue weighted by Crippen LogP contribution is 2.37. The average molecular weight is 474 g/mol. The summed E-state index contributed by atoms with van der Waals surface area (Å²) in [6.45, 7) is 0. The lowest BCUT2D eigenvalue weighted by Gasteiger charge is -2.05. The van der Waals surface area contributed by atoms with Crippen LogP contribution in [0, 0.1) is 0 Å². The van der Waals surface area contributed by atoms with Gasteiger partial charge in [0.15, 0.2) is 0 Å². The standard InChI is InChI=1S/C15H10Br2N2O4S/c16-11-4-7(5-12(17)14(11)20)3-10-9-6-8(24(18,22)23)1-2-13(9)19-15(10)21/h1-6,20H,(H,19,21)(H2,18,22,23). The predicted molar refractivity (Wildman–Crippen MR) is 97.8 cm³/mol. The van der Waals surface area contributed by atoms with Crippen molar-refractivity contribution >= 4 is 65.1 Å². The molecule has 2 aromatic rings. The molecule has 24 heavy (non-hydrogen) atoms. The van der Waals surface area contributed by atoms with E-state index in [1.165, 1.54) is 18.2 Å². The van der Waals surface area contributed by atoms with Crippen LogP contribution >= 0.6 is 31.9 Å². The summed E-state index contributed by atoms with van der Waals surface area (Å²) in [5.74, 6) is -0.304. The first kappa shape index (κ1) is 17.2. The van der Waals surface area contributed by atoms with Crippen LogP contribution in [-0.2, 0) is 14.8 Å². The van der Waals surface area contributed by atoms with Crippen LogP contribution in [0.25, 0.3) is 11.6 Å². The molecule has 0 fully saturated rings. The summed E-state index contributed by atoms with van der Waals surface area (Å²) in [5, 5.41) is 17.6. The Bertz CT molecular complexity index is 993. The SMILES string of the molecule is NS(=O)(=O)c1ccc2c(c1)C(=Cc1cc(Br)c(O)c(Br)c1)C(=O)N2. The first-order valence-corrected chi connectivity index (χ1v) is 9.68. The van der Waals surface area contributed by atoms with E-state index in [0.29, 0.717) is 31.3 Å². The van der Waals surface area contributed by atoms with Gasteiger partial charge in [-0.1, -0.05) is 0 Å². The van der Waals surface area contributed by atoms with Crippen molar-refractivity contribution in [2.24, 2.45) is 5.14 Å². The summed E-state index contributed by atoms with van der Waals surface area (Å²) in [5.41, 5.74) is 1.91. The number of halogens is 2. The predicted octanol–water partition coefficient (Wildman–Crippen LogP) is 3.06. The monoisotopic (exact) mass is 472 g/mol. The number of carbonyl (C=O) groups is 1. The van der Waals surface area contributed by atoms with E-state index in [2.05, 4.69) is 37.2 Å². The van der Waals surface area contributed by atoms with E-state index in [0.717, 1.165) is 0 Å². The van der Waals surface area contributed by atoms with E-state index in [4.69, 9.17) is 5.14 Å². The van der Waals surface area contributed by atoms with Crippen molar-refractivity contribution in [2.75, 3.05) is 5.32 Å². The number of fused-ring (bicyclic) bond motifs is 1. The van der Waals surface area contributed by atoms with Crippen LogP contribution in [0.2, 0.25) is 0 Å². The number of benzene rings is 2. The first-order chi connectivity index (χ1) is 11.2. The average Bonchev–Trinajstić information content (AvgIpc) is 2.79. The molecular formula is C15H10Br2N2O4S. The third-order valence-electron chi connectivity index (χ3n) is 3.45. The number of carbonyl (C=O) groups excluding carboxylic acids is 1. The molecule has 0 unspecified atom stereocenters. The maximum Gasteiger partial charge on any atom is 0.256 e. The number of amides is 1. The van der Waals surface area contributed by atoms with E-state index >= 15 is 0 Å². The Hall–Kier alpha value is -1.68. The van der Waals surface area contributed by atoms with Crippen molar-refractivity contribution in [1.29, 1.82) is 0 Å². The van der Waals surface area contributed by atoms with Crippen LogP contribution in [-0.4, -0.2) is 19.4 Å². The molecule has 0 aromatic heterocycles. The minimum absolute atomic E-state index is 0.0462. The highest BCUT2D eigenvalue weighted by molar-refractivity contribution is 9.11. The van der Waals surface area contributed by atoms with Gasteiger partial charge in [-0.15, -0.1) is 0 Å². The largest absolute Gasteiger partial charge is 0.506 e. The molecule has 0 atom stereocenters. The minimum atomic E-state index is -3.87. The zero-order valence-corrected chi connectivity index (χ0v) is 15.9. The number of sulfonamides is 1. The number of rotatable bonds is 2. The first-order valence-electron chi connectivity index (χ1n) is 6.55. The minimum Gasteiger partial charge on any atom is -0.506 e. The molecule has 0 radical (unpaired) electrons. The maximum atomic E-state index is 12.2. The Morgan fingerprint density at radius 2 is 1.75 bits per heavy atom. The van der Waals surface area contributed by atoms with Crippen molar-refractivity contribution < 1.29 is 18.3 Å². The topological polar surface area (TPSA) is 109 Å². The highest BCUT2D eigenvalue weighted by Gasteiger charge is 2.26. The Morgan fingerprint density at radius 3 is 2.33 bits per heavy atom. The molecule has 0 saturated carbocycles. The quantitative estimate of drug-likeness (QED) is 0.582. The van der Waals surface area contributed by atoms with E-state index in [9.17, 15) is 18.3 Å². The van der Waals surface area contributed by atoms with Gasteiger partial charge in [-0.2, -0.15) is 0 Å². The smallest absolute Gasteiger partial charge is 0.256 e. The van der Waals surface area contributed by atoms with Gasteiger partial charge < -0.3 is 10.4 Å². The Labute approximate surface area is 154 Å². The van der Waals surface area contributed by atoms with Gasteiger partial charge in [0, 0.05) is 16.8 Å². The Balaban J connectivity index is 2.16. The second-order valence-corrected chi connectivity index (χ2v) is 8.37.